The summed E-state index contributed by atoms with van der Waals surface area (Å²) in [5.41, 5.74) is 5.27. The minimum absolute atomic E-state index is 0.679. The lowest BCUT2D eigenvalue weighted by Gasteiger charge is -2.32. The van der Waals surface area contributed by atoms with E-state index in [4.69, 9.17) is 11.0 Å². The highest BCUT2D eigenvalue weighted by Crippen LogP contribution is 2.35. The standard InChI is InChI=1S/C13H23N3/c1-13(15,9-14)10-16-8-4-7-12(16)11-5-2-3-6-11/h11-12H,2-8,10,15H2,1H3. The molecule has 2 fully saturated rings. The topological polar surface area (TPSA) is 53.1 Å². The summed E-state index contributed by atoms with van der Waals surface area (Å²) in [5, 5.41) is 9.00. The smallest absolute Gasteiger partial charge is 0.114 e. The molecule has 1 saturated heterocycles. The highest BCUT2D eigenvalue weighted by molar-refractivity contribution is 5.05. The van der Waals surface area contributed by atoms with Crippen LogP contribution in [0.5, 0.6) is 0 Å². The lowest BCUT2D eigenvalue weighted by atomic mass is 9.95. The van der Waals surface area contributed by atoms with E-state index in [9.17, 15) is 0 Å². The van der Waals surface area contributed by atoms with Crippen molar-refractivity contribution in [3.05, 3.63) is 0 Å². The number of hydrogen-bond acceptors (Lipinski definition) is 3. The SMILES string of the molecule is CC(N)(C#N)CN1CCCC1C1CCCC1. The van der Waals surface area contributed by atoms with Crippen molar-refractivity contribution in [3.8, 4) is 6.07 Å². The molecule has 2 atom stereocenters. The molecule has 0 aromatic carbocycles. The van der Waals surface area contributed by atoms with Crippen molar-refractivity contribution in [2.24, 2.45) is 11.7 Å². The van der Waals surface area contributed by atoms with Crippen molar-refractivity contribution in [2.45, 2.75) is 57.0 Å². The minimum Gasteiger partial charge on any atom is -0.313 e. The molecule has 0 bridgehead atoms. The Balaban J connectivity index is 1.95. The summed E-state index contributed by atoms with van der Waals surface area (Å²) in [6.07, 6.45) is 8.15. The maximum atomic E-state index is 9.00. The maximum absolute atomic E-state index is 9.00. The molecule has 0 aromatic rings. The predicted molar refractivity (Wildman–Crippen MR) is 64.8 cm³/mol. The van der Waals surface area contributed by atoms with E-state index in [-0.39, 0.29) is 0 Å². The number of hydrogen-bond donors (Lipinski definition) is 1. The van der Waals surface area contributed by atoms with Gasteiger partial charge in [0.25, 0.3) is 0 Å². The Morgan fingerprint density at radius 2 is 2.00 bits per heavy atom. The molecule has 2 rings (SSSR count). The van der Waals surface area contributed by atoms with Crippen molar-refractivity contribution >= 4 is 0 Å². The van der Waals surface area contributed by atoms with Crippen molar-refractivity contribution < 1.29 is 0 Å². The summed E-state index contributed by atoms with van der Waals surface area (Å²) in [6.45, 7) is 3.72. The van der Waals surface area contributed by atoms with Gasteiger partial charge in [0.1, 0.15) is 5.54 Å². The first-order chi connectivity index (χ1) is 7.62. The van der Waals surface area contributed by atoms with Gasteiger partial charge in [-0.3, -0.25) is 4.90 Å². The maximum Gasteiger partial charge on any atom is 0.114 e. The number of likely N-dealkylation sites (tertiary alicyclic amines) is 1. The lowest BCUT2D eigenvalue weighted by Crippen LogP contribution is -2.49. The van der Waals surface area contributed by atoms with Gasteiger partial charge >= 0.3 is 0 Å². The van der Waals surface area contributed by atoms with Crippen LogP contribution in [0.3, 0.4) is 0 Å². The molecule has 90 valence electrons. The van der Waals surface area contributed by atoms with Gasteiger partial charge in [-0.05, 0) is 45.1 Å². The first kappa shape index (κ1) is 11.9. The second-order valence-corrected chi connectivity index (χ2v) is 5.75. The van der Waals surface area contributed by atoms with Crippen LogP contribution < -0.4 is 5.73 Å². The van der Waals surface area contributed by atoms with E-state index >= 15 is 0 Å². The molecule has 2 aliphatic rings. The molecule has 0 spiro atoms. The summed E-state index contributed by atoms with van der Waals surface area (Å²) in [5.74, 6) is 0.872. The van der Waals surface area contributed by atoms with Crippen molar-refractivity contribution in [3.63, 3.8) is 0 Å². The zero-order valence-corrected chi connectivity index (χ0v) is 10.3. The molecule has 0 radical (unpaired) electrons. The van der Waals surface area contributed by atoms with Gasteiger partial charge in [-0.2, -0.15) is 5.26 Å². The summed E-state index contributed by atoms with van der Waals surface area (Å²) in [7, 11) is 0. The van der Waals surface area contributed by atoms with Crippen LogP contribution in [0.4, 0.5) is 0 Å². The molecule has 16 heavy (non-hydrogen) atoms. The third kappa shape index (κ3) is 2.56. The monoisotopic (exact) mass is 221 g/mol. The van der Waals surface area contributed by atoms with Gasteiger partial charge in [-0.1, -0.05) is 12.8 Å². The molecule has 0 aromatic heterocycles. The summed E-state index contributed by atoms with van der Waals surface area (Å²) >= 11 is 0. The fourth-order valence-corrected chi connectivity index (χ4v) is 3.38. The van der Waals surface area contributed by atoms with Crippen LogP contribution in [0.15, 0.2) is 0 Å². The third-order valence-corrected chi connectivity index (χ3v) is 4.15. The molecule has 3 heteroatoms. The first-order valence-corrected chi connectivity index (χ1v) is 6.56. The number of rotatable bonds is 3. The first-order valence-electron chi connectivity index (χ1n) is 6.56. The summed E-state index contributed by atoms with van der Waals surface area (Å²) in [4.78, 5) is 2.47. The Bertz CT molecular complexity index is 273. The zero-order valence-electron chi connectivity index (χ0n) is 10.3. The lowest BCUT2D eigenvalue weighted by molar-refractivity contribution is 0.171. The van der Waals surface area contributed by atoms with Crippen LogP contribution in [-0.4, -0.2) is 29.6 Å². The second kappa shape index (κ2) is 4.73. The molecule has 2 unspecified atom stereocenters. The van der Waals surface area contributed by atoms with E-state index < -0.39 is 5.54 Å². The van der Waals surface area contributed by atoms with Crippen molar-refractivity contribution in [1.29, 1.82) is 5.26 Å². The fourth-order valence-electron chi connectivity index (χ4n) is 3.38. The molecule has 1 saturated carbocycles. The van der Waals surface area contributed by atoms with Gasteiger partial charge in [0.05, 0.1) is 6.07 Å². The van der Waals surface area contributed by atoms with Crippen LogP contribution in [-0.2, 0) is 0 Å². The Kier molecular flexibility index (Phi) is 3.51. The van der Waals surface area contributed by atoms with E-state index in [1.54, 1.807) is 0 Å². The average Bonchev–Trinajstić information content (AvgIpc) is 2.86. The Hall–Kier alpha value is -0.590. The Morgan fingerprint density at radius 1 is 1.31 bits per heavy atom. The predicted octanol–water partition coefficient (Wildman–Crippen LogP) is 1.88. The zero-order chi connectivity index (χ0) is 11.6. The van der Waals surface area contributed by atoms with Crippen LogP contribution in [0.25, 0.3) is 0 Å². The molecule has 0 amide bonds. The molecule has 1 heterocycles. The van der Waals surface area contributed by atoms with Crippen LogP contribution in [0.2, 0.25) is 0 Å². The van der Waals surface area contributed by atoms with E-state index in [0.29, 0.717) is 6.04 Å². The van der Waals surface area contributed by atoms with E-state index in [0.717, 1.165) is 19.0 Å². The molecular weight excluding hydrogens is 198 g/mol. The van der Waals surface area contributed by atoms with Gasteiger partial charge in [0, 0.05) is 12.6 Å². The highest BCUT2D eigenvalue weighted by atomic mass is 15.2. The third-order valence-electron chi connectivity index (χ3n) is 4.15. The number of nitrogens with zero attached hydrogens (tertiary/aromatic N) is 2. The molecule has 2 N–H and O–H groups in total. The quantitative estimate of drug-likeness (QED) is 0.791. The van der Waals surface area contributed by atoms with Crippen LogP contribution >= 0.6 is 0 Å². The van der Waals surface area contributed by atoms with E-state index in [1.807, 2.05) is 6.92 Å². The molecule has 3 nitrogen and oxygen atoms in total. The average molecular weight is 221 g/mol. The Labute approximate surface area is 98.6 Å². The van der Waals surface area contributed by atoms with Gasteiger partial charge in [0.2, 0.25) is 0 Å². The normalized spacial score (nSPS) is 31.4. The largest absolute Gasteiger partial charge is 0.313 e. The Morgan fingerprint density at radius 3 is 2.62 bits per heavy atom. The number of nitrogens with two attached hydrogens (primary N) is 1. The minimum atomic E-state index is -0.679. The number of nitriles is 1. The molecule has 1 aliphatic heterocycles. The molecule has 1 aliphatic carbocycles. The summed E-state index contributed by atoms with van der Waals surface area (Å²) in [6, 6.07) is 2.92. The second-order valence-electron chi connectivity index (χ2n) is 5.75. The van der Waals surface area contributed by atoms with Crippen LogP contribution in [0, 0.1) is 17.2 Å². The van der Waals surface area contributed by atoms with E-state index in [1.165, 1.54) is 38.5 Å². The van der Waals surface area contributed by atoms with Gasteiger partial charge in [0.15, 0.2) is 0 Å². The van der Waals surface area contributed by atoms with E-state index in [2.05, 4.69) is 11.0 Å². The van der Waals surface area contributed by atoms with Crippen molar-refractivity contribution in [1.82, 2.24) is 4.90 Å². The highest BCUT2D eigenvalue weighted by Gasteiger charge is 2.35. The van der Waals surface area contributed by atoms with Gasteiger partial charge < -0.3 is 5.73 Å². The molecular formula is C13H23N3. The summed E-state index contributed by atoms with van der Waals surface area (Å²) < 4.78 is 0. The fraction of sp³-hybridized carbons (Fsp3) is 0.923. The van der Waals surface area contributed by atoms with Crippen molar-refractivity contribution in [2.75, 3.05) is 13.1 Å². The van der Waals surface area contributed by atoms with Crippen LogP contribution in [0.1, 0.15) is 45.4 Å². The van der Waals surface area contributed by atoms with Gasteiger partial charge in [-0.25, -0.2) is 0 Å². The van der Waals surface area contributed by atoms with Gasteiger partial charge in [-0.15, -0.1) is 0 Å².